The summed E-state index contributed by atoms with van der Waals surface area (Å²) in [7, 11) is 1.28. The Morgan fingerprint density at radius 3 is 2.53 bits per heavy atom. The van der Waals surface area contributed by atoms with Crippen molar-refractivity contribution >= 4 is 29.2 Å². The van der Waals surface area contributed by atoms with Crippen LogP contribution in [-0.2, 0) is 16.0 Å². The zero-order valence-corrected chi connectivity index (χ0v) is 21.7. The topological polar surface area (TPSA) is 97.8 Å². The monoisotopic (exact) mass is 521 g/mol. The summed E-state index contributed by atoms with van der Waals surface area (Å²) in [6.07, 6.45) is 5.95. The van der Waals surface area contributed by atoms with Gasteiger partial charge in [0.15, 0.2) is 5.75 Å². The number of halogens is 1. The molecule has 0 saturated carbocycles. The maximum Gasteiger partial charge on any atom is 0.341 e. The standard InChI is InChI=1S/C29H32FN3O5/c1-3-4-13-38-27-25(29(36)37-2)16-24(28(35)32-22-9-11-33(18-34)12-10-22)23-15-20(17-31-26(23)27)14-19-5-7-21(30)8-6-19/h5-8,15-18,22H,3-4,9-14H2,1-2H3,(H,32,35). The lowest BCUT2D eigenvalue weighted by Crippen LogP contribution is -2.44. The van der Waals surface area contributed by atoms with Gasteiger partial charge in [-0.1, -0.05) is 25.5 Å². The zero-order chi connectivity index (χ0) is 27.1. The second-order valence-electron chi connectivity index (χ2n) is 9.43. The van der Waals surface area contributed by atoms with Crippen LogP contribution in [0.1, 0.15) is 64.4 Å². The van der Waals surface area contributed by atoms with Crippen molar-refractivity contribution in [2.24, 2.45) is 0 Å². The molecule has 0 unspecified atom stereocenters. The second kappa shape index (κ2) is 12.5. The van der Waals surface area contributed by atoms with Crippen LogP contribution in [0, 0.1) is 5.82 Å². The highest BCUT2D eigenvalue weighted by Crippen LogP contribution is 2.33. The Morgan fingerprint density at radius 1 is 1.13 bits per heavy atom. The summed E-state index contributed by atoms with van der Waals surface area (Å²) in [6.45, 7) is 3.55. The van der Waals surface area contributed by atoms with Gasteiger partial charge in [-0.2, -0.15) is 0 Å². The number of amides is 2. The third-order valence-electron chi connectivity index (χ3n) is 6.71. The summed E-state index contributed by atoms with van der Waals surface area (Å²) in [5.74, 6) is -0.994. The normalized spacial score (nSPS) is 13.8. The molecule has 3 aromatic rings. The lowest BCUT2D eigenvalue weighted by Gasteiger charge is -2.29. The molecule has 0 radical (unpaired) electrons. The van der Waals surface area contributed by atoms with Gasteiger partial charge in [-0.15, -0.1) is 0 Å². The number of nitrogens with one attached hydrogen (secondary N) is 1. The minimum atomic E-state index is -0.621. The maximum atomic E-state index is 13.6. The minimum Gasteiger partial charge on any atom is -0.490 e. The molecular weight excluding hydrogens is 489 g/mol. The molecule has 1 aliphatic rings. The zero-order valence-electron chi connectivity index (χ0n) is 21.7. The Labute approximate surface area is 221 Å². The number of benzene rings is 2. The fourth-order valence-corrected chi connectivity index (χ4v) is 4.57. The van der Waals surface area contributed by atoms with Crippen LogP contribution in [0.25, 0.3) is 10.9 Å². The molecule has 0 atom stereocenters. The number of ether oxygens (including phenoxy) is 2. The van der Waals surface area contributed by atoms with E-state index >= 15 is 0 Å². The van der Waals surface area contributed by atoms with Crippen LogP contribution in [0.3, 0.4) is 0 Å². The molecule has 1 N–H and O–H groups in total. The summed E-state index contributed by atoms with van der Waals surface area (Å²) >= 11 is 0. The number of likely N-dealkylation sites (tertiary alicyclic amines) is 1. The predicted molar refractivity (Wildman–Crippen MR) is 141 cm³/mol. The number of fused-ring (bicyclic) bond motifs is 1. The van der Waals surface area contributed by atoms with Crippen molar-refractivity contribution in [3.63, 3.8) is 0 Å². The van der Waals surface area contributed by atoms with E-state index < -0.39 is 5.97 Å². The Hall–Kier alpha value is -4.01. The average Bonchev–Trinajstić information content (AvgIpc) is 2.94. The molecule has 9 heteroatoms. The number of pyridine rings is 1. The van der Waals surface area contributed by atoms with Crippen LogP contribution in [0.4, 0.5) is 4.39 Å². The molecule has 2 amide bonds. The van der Waals surface area contributed by atoms with E-state index in [0.29, 0.717) is 49.9 Å². The molecule has 2 aromatic carbocycles. The quantitative estimate of drug-likeness (QED) is 0.243. The minimum absolute atomic E-state index is 0.105. The van der Waals surface area contributed by atoms with Gasteiger partial charge >= 0.3 is 5.97 Å². The molecule has 1 aliphatic heterocycles. The molecule has 1 fully saturated rings. The van der Waals surface area contributed by atoms with E-state index in [0.717, 1.165) is 30.4 Å². The van der Waals surface area contributed by atoms with E-state index in [-0.39, 0.29) is 34.6 Å². The van der Waals surface area contributed by atoms with Gasteiger partial charge in [0.1, 0.15) is 16.9 Å². The first-order valence-corrected chi connectivity index (χ1v) is 12.8. The van der Waals surface area contributed by atoms with Crippen LogP contribution in [0.2, 0.25) is 0 Å². The SMILES string of the molecule is CCCCOc1c(C(=O)OC)cc(C(=O)NC2CCN(C=O)CC2)c2cc(Cc3ccc(F)cc3)cnc12. The molecule has 200 valence electrons. The first-order valence-electron chi connectivity index (χ1n) is 12.8. The maximum absolute atomic E-state index is 13.6. The highest BCUT2D eigenvalue weighted by molar-refractivity contribution is 6.12. The van der Waals surface area contributed by atoms with E-state index in [2.05, 4.69) is 10.3 Å². The van der Waals surface area contributed by atoms with Crippen LogP contribution in [0.5, 0.6) is 5.75 Å². The molecule has 0 aliphatic carbocycles. The van der Waals surface area contributed by atoms with Gasteiger partial charge in [0, 0.05) is 36.3 Å². The van der Waals surface area contributed by atoms with Gasteiger partial charge in [0.25, 0.3) is 5.91 Å². The van der Waals surface area contributed by atoms with Crippen molar-refractivity contribution in [2.75, 3.05) is 26.8 Å². The van der Waals surface area contributed by atoms with E-state index in [9.17, 15) is 18.8 Å². The van der Waals surface area contributed by atoms with Gasteiger partial charge in [0.05, 0.1) is 13.7 Å². The van der Waals surface area contributed by atoms with Gasteiger partial charge in [-0.3, -0.25) is 14.6 Å². The smallest absolute Gasteiger partial charge is 0.341 e. The van der Waals surface area contributed by atoms with Gasteiger partial charge in [-0.25, -0.2) is 9.18 Å². The van der Waals surface area contributed by atoms with E-state index in [1.165, 1.54) is 25.3 Å². The third kappa shape index (κ3) is 6.27. The summed E-state index contributed by atoms with van der Waals surface area (Å²) in [6, 6.07) is 9.49. The number of esters is 1. The molecule has 1 saturated heterocycles. The van der Waals surface area contributed by atoms with E-state index in [1.54, 1.807) is 23.2 Å². The number of rotatable bonds is 10. The second-order valence-corrected chi connectivity index (χ2v) is 9.43. The summed E-state index contributed by atoms with van der Waals surface area (Å²) in [5.41, 5.74) is 2.53. The number of carbonyl (C=O) groups is 3. The van der Waals surface area contributed by atoms with Gasteiger partial charge in [0.2, 0.25) is 6.41 Å². The summed E-state index contributed by atoms with van der Waals surface area (Å²) < 4.78 is 24.4. The number of methoxy groups -OCH3 is 1. The van der Waals surface area contributed by atoms with Crippen LogP contribution in [0.15, 0.2) is 42.6 Å². The largest absolute Gasteiger partial charge is 0.490 e. The number of piperidine rings is 1. The Bertz CT molecular complexity index is 1300. The first kappa shape index (κ1) is 27.0. The first-order chi connectivity index (χ1) is 18.4. The van der Waals surface area contributed by atoms with Crippen LogP contribution >= 0.6 is 0 Å². The third-order valence-corrected chi connectivity index (χ3v) is 6.71. The van der Waals surface area contributed by atoms with Crippen molar-refractivity contribution in [3.8, 4) is 5.75 Å². The number of unbranched alkanes of at least 4 members (excludes halogenated alkanes) is 1. The van der Waals surface area contributed by atoms with E-state index in [1.807, 2.05) is 13.0 Å². The molecule has 8 nitrogen and oxygen atoms in total. The number of aromatic nitrogens is 1. The van der Waals surface area contributed by atoms with E-state index in [4.69, 9.17) is 9.47 Å². The molecule has 38 heavy (non-hydrogen) atoms. The lowest BCUT2D eigenvalue weighted by molar-refractivity contribution is -0.119. The molecular formula is C29H32FN3O5. The van der Waals surface area contributed by atoms with Gasteiger partial charge < -0.3 is 19.7 Å². The fraction of sp³-hybridized carbons (Fsp3) is 0.379. The Morgan fingerprint density at radius 2 is 1.87 bits per heavy atom. The van der Waals surface area contributed by atoms with Crippen molar-refractivity contribution in [1.82, 2.24) is 15.2 Å². The Balaban J connectivity index is 1.76. The van der Waals surface area contributed by atoms with Crippen LogP contribution in [-0.4, -0.2) is 61.0 Å². The van der Waals surface area contributed by atoms with Crippen molar-refractivity contribution in [1.29, 1.82) is 0 Å². The Kier molecular flexibility index (Phi) is 8.89. The molecule has 0 spiro atoms. The lowest BCUT2D eigenvalue weighted by atomic mass is 9.98. The predicted octanol–water partition coefficient (Wildman–Crippen LogP) is 4.28. The van der Waals surface area contributed by atoms with Crippen LogP contribution < -0.4 is 10.1 Å². The molecule has 4 rings (SSSR count). The van der Waals surface area contributed by atoms with Crippen molar-refractivity contribution < 1.29 is 28.2 Å². The van der Waals surface area contributed by atoms with Gasteiger partial charge in [-0.05, 0) is 61.1 Å². The molecule has 2 heterocycles. The van der Waals surface area contributed by atoms with Crippen molar-refractivity contribution in [3.05, 3.63) is 70.7 Å². The molecule has 0 bridgehead atoms. The number of hydrogen-bond donors (Lipinski definition) is 1. The van der Waals surface area contributed by atoms with Crippen molar-refractivity contribution in [2.45, 2.75) is 45.1 Å². The fourth-order valence-electron chi connectivity index (χ4n) is 4.57. The number of carbonyl (C=O) groups excluding carboxylic acids is 3. The number of nitrogens with zero attached hydrogens (tertiary/aromatic N) is 2. The summed E-state index contributed by atoms with van der Waals surface area (Å²) in [4.78, 5) is 43.7. The summed E-state index contributed by atoms with van der Waals surface area (Å²) in [5, 5.41) is 3.61. The number of hydrogen-bond acceptors (Lipinski definition) is 6. The average molecular weight is 522 g/mol. The highest BCUT2D eigenvalue weighted by Gasteiger charge is 2.26. The molecule has 1 aromatic heterocycles. The highest BCUT2D eigenvalue weighted by atomic mass is 19.1.